The standard InChI is InChI=1S/C24H22/c1-3-18-15-10-16-21-17(2)22(19-11-6-4-7-12-19)24(23(18)21)20-13-8-5-9-14-20/h4-17H,3H2,1-2H3. The molecule has 0 aliphatic heterocycles. The van der Waals surface area contributed by atoms with Crippen molar-refractivity contribution in [2.75, 3.05) is 0 Å². The molecule has 0 nitrogen and oxygen atoms in total. The number of benzene rings is 3. The summed E-state index contributed by atoms with van der Waals surface area (Å²) in [5.41, 5.74) is 9.90. The van der Waals surface area contributed by atoms with Gasteiger partial charge in [-0.05, 0) is 45.4 Å². The van der Waals surface area contributed by atoms with Gasteiger partial charge in [0.25, 0.3) is 0 Å². The Hall–Kier alpha value is -2.60. The summed E-state index contributed by atoms with van der Waals surface area (Å²) in [4.78, 5) is 0. The number of fused-ring (bicyclic) bond motifs is 1. The van der Waals surface area contributed by atoms with Crippen LogP contribution in [0.3, 0.4) is 0 Å². The molecule has 1 aliphatic rings. The van der Waals surface area contributed by atoms with E-state index in [1.165, 1.54) is 39.0 Å². The van der Waals surface area contributed by atoms with Crippen LogP contribution >= 0.6 is 0 Å². The van der Waals surface area contributed by atoms with Crippen molar-refractivity contribution >= 4 is 11.1 Å². The number of hydrogen-bond donors (Lipinski definition) is 0. The van der Waals surface area contributed by atoms with E-state index >= 15 is 0 Å². The summed E-state index contributed by atoms with van der Waals surface area (Å²) in [6, 6.07) is 28.5. The lowest BCUT2D eigenvalue weighted by molar-refractivity contribution is 0.997. The van der Waals surface area contributed by atoms with Crippen LogP contribution in [0.25, 0.3) is 11.1 Å². The first-order chi connectivity index (χ1) is 11.8. The van der Waals surface area contributed by atoms with Gasteiger partial charge in [-0.3, -0.25) is 0 Å². The van der Waals surface area contributed by atoms with Crippen molar-refractivity contribution in [2.45, 2.75) is 26.2 Å². The lowest BCUT2D eigenvalue weighted by atomic mass is 9.90. The third kappa shape index (κ3) is 2.30. The molecule has 0 fully saturated rings. The van der Waals surface area contributed by atoms with Gasteiger partial charge in [-0.15, -0.1) is 0 Å². The highest BCUT2D eigenvalue weighted by Crippen LogP contribution is 2.50. The minimum Gasteiger partial charge on any atom is -0.0622 e. The molecular formula is C24H22. The number of rotatable bonds is 3. The monoisotopic (exact) mass is 310 g/mol. The lowest BCUT2D eigenvalue weighted by Gasteiger charge is -2.13. The predicted octanol–water partition coefficient (Wildman–Crippen LogP) is 6.33. The predicted molar refractivity (Wildman–Crippen MR) is 103 cm³/mol. The van der Waals surface area contributed by atoms with Crippen molar-refractivity contribution in [1.29, 1.82) is 0 Å². The highest BCUT2D eigenvalue weighted by molar-refractivity contribution is 6.06. The molecule has 0 heteroatoms. The Morgan fingerprint density at radius 2 is 1.33 bits per heavy atom. The van der Waals surface area contributed by atoms with Crippen molar-refractivity contribution in [2.24, 2.45) is 0 Å². The second-order valence-corrected chi connectivity index (χ2v) is 6.48. The molecule has 0 spiro atoms. The van der Waals surface area contributed by atoms with Crippen LogP contribution in [0.15, 0.2) is 78.9 Å². The Bertz CT molecular complexity index is 886. The number of hydrogen-bond acceptors (Lipinski definition) is 0. The average Bonchev–Trinajstić information content (AvgIpc) is 2.96. The minimum absolute atomic E-state index is 0.420. The third-order valence-electron chi connectivity index (χ3n) is 5.13. The zero-order valence-electron chi connectivity index (χ0n) is 14.3. The maximum Gasteiger partial charge on any atom is 0.00795 e. The Labute approximate surface area is 144 Å². The fourth-order valence-corrected chi connectivity index (χ4v) is 4.00. The summed E-state index contributed by atoms with van der Waals surface area (Å²) in [5, 5.41) is 0. The van der Waals surface area contributed by atoms with Crippen molar-refractivity contribution < 1.29 is 0 Å². The van der Waals surface area contributed by atoms with E-state index < -0.39 is 0 Å². The Kier molecular flexibility index (Phi) is 3.82. The summed E-state index contributed by atoms with van der Waals surface area (Å²) >= 11 is 0. The van der Waals surface area contributed by atoms with Crippen molar-refractivity contribution in [3.8, 4) is 0 Å². The molecular weight excluding hydrogens is 288 g/mol. The Morgan fingerprint density at radius 1 is 0.708 bits per heavy atom. The second kappa shape index (κ2) is 6.13. The zero-order valence-corrected chi connectivity index (χ0v) is 14.3. The second-order valence-electron chi connectivity index (χ2n) is 6.48. The summed E-state index contributed by atoms with van der Waals surface area (Å²) in [5.74, 6) is 0.420. The van der Waals surface area contributed by atoms with Gasteiger partial charge in [0.05, 0.1) is 0 Å². The molecule has 0 radical (unpaired) electrons. The molecule has 0 saturated heterocycles. The summed E-state index contributed by atoms with van der Waals surface area (Å²) in [6.45, 7) is 4.60. The fourth-order valence-electron chi connectivity index (χ4n) is 4.00. The average molecular weight is 310 g/mol. The van der Waals surface area contributed by atoms with E-state index in [0.29, 0.717) is 5.92 Å². The van der Waals surface area contributed by atoms with Crippen LogP contribution in [-0.4, -0.2) is 0 Å². The molecule has 4 rings (SSSR count). The maximum absolute atomic E-state index is 2.34. The van der Waals surface area contributed by atoms with Gasteiger partial charge < -0.3 is 0 Å². The van der Waals surface area contributed by atoms with Gasteiger partial charge in [-0.1, -0.05) is 92.7 Å². The maximum atomic E-state index is 2.34. The summed E-state index contributed by atoms with van der Waals surface area (Å²) in [6.07, 6.45) is 1.06. The first kappa shape index (κ1) is 15.0. The number of aryl methyl sites for hydroxylation is 1. The first-order valence-electron chi connectivity index (χ1n) is 8.78. The van der Waals surface area contributed by atoms with E-state index in [1.807, 2.05) is 0 Å². The molecule has 24 heavy (non-hydrogen) atoms. The van der Waals surface area contributed by atoms with E-state index in [-0.39, 0.29) is 0 Å². The highest BCUT2D eigenvalue weighted by atomic mass is 14.3. The van der Waals surface area contributed by atoms with Crippen LogP contribution < -0.4 is 0 Å². The molecule has 3 aromatic rings. The first-order valence-corrected chi connectivity index (χ1v) is 8.78. The van der Waals surface area contributed by atoms with Gasteiger partial charge >= 0.3 is 0 Å². The van der Waals surface area contributed by atoms with Gasteiger partial charge in [0.15, 0.2) is 0 Å². The number of allylic oxidation sites excluding steroid dienone is 1. The van der Waals surface area contributed by atoms with E-state index in [1.54, 1.807) is 0 Å². The molecule has 0 bridgehead atoms. The molecule has 0 amide bonds. The van der Waals surface area contributed by atoms with E-state index in [4.69, 9.17) is 0 Å². The molecule has 1 aliphatic carbocycles. The van der Waals surface area contributed by atoms with Crippen LogP contribution in [0.2, 0.25) is 0 Å². The molecule has 0 aromatic heterocycles. The van der Waals surface area contributed by atoms with Gasteiger partial charge in [0.2, 0.25) is 0 Å². The van der Waals surface area contributed by atoms with Crippen LogP contribution in [0.4, 0.5) is 0 Å². The molecule has 0 N–H and O–H groups in total. The van der Waals surface area contributed by atoms with Crippen LogP contribution in [0.5, 0.6) is 0 Å². The highest BCUT2D eigenvalue weighted by Gasteiger charge is 2.31. The lowest BCUT2D eigenvalue weighted by Crippen LogP contribution is -1.95. The topological polar surface area (TPSA) is 0 Å². The molecule has 3 aromatic carbocycles. The fraction of sp³-hybridized carbons (Fsp3) is 0.167. The van der Waals surface area contributed by atoms with E-state index in [2.05, 4.69) is 92.7 Å². The van der Waals surface area contributed by atoms with Crippen LogP contribution in [0.1, 0.15) is 47.6 Å². The minimum atomic E-state index is 0.420. The van der Waals surface area contributed by atoms with Gasteiger partial charge in [-0.2, -0.15) is 0 Å². The van der Waals surface area contributed by atoms with Gasteiger partial charge in [0.1, 0.15) is 0 Å². The normalized spacial score (nSPS) is 16.3. The van der Waals surface area contributed by atoms with Crippen molar-refractivity contribution in [1.82, 2.24) is 0 Å². The van der Waals surface area contributed by atoms with Crippen LogP contribution in [-0.2, 0) is 6.42 Å². The molecule has 1 atom stereocenters. The molecule has 1 unspecified atom stereocenters. The quantitative estimate of drug-likeness (QED) is 0.530. The van der Waals surface area contributed by atoms with Crippen molar-refractivity contribution in [3.05, 3.63) is 107 Å². The van der Waals surface area contributed by atoms with Gasteiger partial charge in [0, 0.05) is 5.92 Å². The van der Waals surface area contributed by atoms with Crippen LogP contribution in [0, 0.1) is 0 Å². The Morgan fingerprint density at radius 3 is 1.96 bits per heavy atom. The van der Waals surface area contributed by atoms with E-state index in [0.717, 1.165) is 6.42 Å². The summed E-state index contributed by atoms with van der Waals surface area (Å²) < 4.78 is 0. The molecule has 118 valence electrons. The van der Waals surface area contributed by atoms with Crippen molar-refractivity contribution in [3.63, 3.8) is 0 Å². The zero-order chi connectivity index (χ0) is 16.5. The Balaban J connectivity index is 2.06. The summed E-state index contributed by atoms with van der Waals surface area (Å²) in [7, 11) is 0. The molecule has 0 saturated carbocycles. The molecule has 0 heterocycles. The SMILES string of the molecule is CCc1cccc2c1C(c1ccccc1)=C(c1ccccc1)C2C. The van der Waals surface area contributed by atoms with Gasteiger partial charge in [-0.25, -0.2) is 0 Å². The smallest absolute Gasteiger partial charge is 0.00795 e. The largest absolute Gasteiger partial charge is 0.0622 e. The third-order valence-corrected chi connectivity index (χ3v) is 5.13. The van der Waals surface area contributed by atoms with E-state index in [9.17, 15) is 0 Å².